The Morgan fingerprint density at radius 2 is 2.11 bits per heavy atom. The summed E-state index contributed by atoms with van der Waals surface area (Å²) in [4.78, 5) is 16.0. The van der Waals surface area contributed by atoms with Crippen LogP contribution < -0.4 is 5.73 Å². The number of aliphatic hydroxyl groups is 1. The minimum atomic E-state index is -0.206. The minimum absolute atomic E-state index is 0.119. The number of amides is 1. The van der Waals surface area contributed by atoms with Crippen LogP contribution in [0.15, 0.2) is 0 Å². The number of nitrogens with zero attached hydrogens (tertiary/aromatic N) is 2. The van der Waals surface area contributed by atoms with Crippen LogP contribution in [0, 0.1) is 6.42 Å². The third kappa shape index (κ3) is 4.44. The lowest BCUT2D eigenvalue weighted by Crippen LogP contribution is -2.50. The van der Waals surface area contributed by atoms with Crippen molar-refractivity contribution in [3.8, 4) is 0 Å². The van der Waals surface area contributed by atoms with Gasteiger partial charge in [0.25, 0.3) is 0 Å². The van der Waals surface area contributed by atoms with E-state index in [4.69, 9.17) is 5.73 Å². The normalized spacial score (nSPS) is 31.0. The average Bonchev–Trinajstić information content (AvgIpc) is 2.61. The van der Waals surface area contributed by atoms with Gasteiger partial charge in [0.15, 0.2) is 0 Å². The van der Waals surface area contributed by atoms with Gasteiger partial charge in [0, 0.05) is 19.6 Å². The van der Waals surface area contributed by atoms with Gasteiger partial charge in [-0.05, 0) is 51.6 Å². The largest absolute Gasteiger partial charge is 0.393 e. The van der Waals surface area contributed by atoms with E-state index in [9.17, 15) is 9.90 Å². The first-order valence-electron chi connectivity index (χ1n) is 7.42. The summed E-state index contributed by atoms with van der Waals surface area (Å²) in [6.07, 6.45) is 6.71. The molecule has 0 bridgehead atoms. The quantitative estimate of drug-likeness (QED) is 0.752. The molecule has 0 aromatic heterocycles. The van der Waals surface area contributed by atoms with Gasteiger partial charge in [-0.25, -0.2) is 0 Å². The lowest BCUT2D eigenvalue weighted by atomic mass is 10.0. The van der Waals surface area contributed by atoms with Crippen molar-refractivity contribution < 1.29 is 9.90 Å². The number of aliphatic hydroxyl groups excluding tert-OH is 1. The van der Waals surface area contributed by atoms with E-state index >= 15 is 0 Å². The van der Waals surface area contributed by atoms with Gasteiger partial charge in [0.05, 0.1) is 12.1 Å². The summed E-state index contributed by atoms with van der Waals surface area (Å²) in [5, 5.41) is 9.64. The highest BCUT2D eigenvalue weighted by molar-refractivity contribution is 5.80. The second-order valence-electron chi connectivity index (χ2n) is 5.69. The van der Waals surface area contributed by atoms with Crippen molar-refractivity contribution in [1.29, 1.82) is 0 Å². The van der Waals surface area contributed by atoms with E-state index in [0.717, 1.165) is 64.8 Å². The average molecular weight is 268 g/mol. The highest BCUT2D eigenvalue weighted by atomic mass is 16.3. The standard InChI is InChI=1S/C14H26N3O2/c15-14(19)13-5-1-2-8-17(13)11-10-16-7-3-4-12(18)6-9-16/h1,12-13,18H,2-11H2,(H2,15,19). The molecule has 0 saturated carbocycles. The third-order valence-corrected chi connectivity index (χ3v) is 4.27. The molecule has 5 nitrogen and oxygen atoms in total. The van der Waals surface area contributed by atoms with E-state index < -0.39 is 0 Å². The molecule has 109 valence electrons. The van der Waals surface area contributed by atoms with Crippen LogP contribution >= 0.6 is 0 Å². The smallest absolute Gasteiger partial charge is 0.234 e. The number of hydrogen-bond donors (Lipinski definition) is 2. The summed E-state index contributed by atoms with van der Waals surface area (Å²) in [6, 6.07) is -0.119. The maximum Gasteiger partial charge on any atom is 0.234 e. The highest BCUT2D eigenvalue weighted by Gasteiger charge is 2.27. The van der Waals surface area contributed by atoms with Crippen molar-refractivity contribution in [2.45, 2.75) is 44.2 Å². The van der Waals surface area contributed by atoms with Crippen molar-refractivity contribution in [3.05, 3.63) is 6.42 Å². The number of nitrogens with two attached hydrogens (primary N) is 1. The summed E-state index contributed by atoms with van der Waals surface area (Å²) in [7, 11) is 0. The van der Waals surface area contributed by atoms with Crippen LogP contribution in [0.25, 0.3) is 0 Å². The first-order valence-corrected chi connectivity index (χ1v) is 7.42. The molecule has 2 heterocycles. The fourth-order valence-electron chi connectivity index (χ4n) is 3.03. The Morgan fingerprint density at radius 1 is 1.26 bits per heavy atom. The number of carbonyl (C=O) groups is 1. The summed E-state index contributed by atoms with van der Waals surface area (Å²) < 4.78 is 0. The van der Waals surface area contributed by atoms with Gasteiger partial charge in [0.1, 0.15) is 0 Å². The van der Waals surface area contributed by atoms with Crippen molar-refractivity contribution in [3.63, 3.8) is 0 Å². The molecule has 0 aromatic carbocycles. The van der Waals surface area contributed by atoms with Crippen molar-refractivity contribution in [2.75, 3.05) is 32.7 Å². The molecule has 2 aliphatic heterocycles. The predicted molar refractivity (Wildman–Crippen MR) is 74.4 cm³/mol. The van der Waals surface area contributed by atoms with E-state index in [-0.39, 0.29) is 18.1 Å². The molecule has 2 fully saturated rings. The topological polar surface area (TPSA) is 69.8 Å². The number of piperidine rings is 1. The first-order chi connectivity index (χ1) is 9.16. The van der Waals surface area contributed by atoms with Crippen LogP contribution in [0.2, 0.25) is 0 Å². The molecule has 0 aliphatic carbocycles. The molecule has 2 unspecified atom stereocenters. The van der Waals surface area contributed by atoms with Crippen LogP contribution in [0.3, 0.4) is 0 Å². The molecular formula is C14H26N3O2. The molecule has 5 heteroatoms. The summed E-state index contributed by atoms with van der Waals surface area (Å²) >= 11 is 0. The SMILES string of the molecule is NC(=O)C1C[CH]CCN1CCN1CCCC(O)CC1. The van der Waals surface area contributed by atoms with Crippen LogP contribution in [-0.2, 0) is 4.79 Å². The zero-order valence-corrected chi connectivity index (χ0v) is 11.6. The number of hydrogen-bond acceptors (Lipinski definition) is 4. The Hall–Kier alpha value is -0.650. The lowest BCUT2D eigenvalue weighted by Gasteiger charge is -2.35. The monoisotopic (exact) mass is 268 g/mol. The number of carbonyl (C=O) groups excluding carboxylic acids is 1. The Morgan fingerprint density at radius 3 is 2.89 bits per heavy atom. The number of rotatable bonds is 4. The summed E-state index contributed by atoms with van der Waals surface area (Å²) in [6.45, 7) is 4.82. The Balaban J connectivity index is 1.78. The molecule has 1 amide bonds. The zero-order chi connectivity index (χ0) is 13.7. The van der Waals surface area contributed by atoms with E-state index in [1.807, 2.05) is 0 Å². The molecule has 19 heavy (non-hydrogen) atoms. The molecule has 0 spiro atoms. The van der Waals surface area contributed by atoms with E-state index in [1.165, 1.54) is 0 Å². The fourth-order valence-corrected chi connectivity index (χ4v) is 3.03. The van der Waals surface area contributed by atoms with Gasteiger partial charge in [-0.1, -0.05) is 0 Å². The van der Waals surface area contributed by atoms with E-state index in [2.05, 4.69) is 16.2 Å². The van der Waals surface area contributed by atoms with Crippen molar-refractivity contribution >= 4 is 5.91 Å². The number of likely N-dealkylation sites (tertiary alicyclic amines) is 2. The summed E-state index contributed by atoms with van der Waals surface area (Å²) in [5.41, 5.74) is 5.46. The van der Waals surface area contributed by atoms with E-state index in [0.29, 0.717) is 0 Å². The third-order valence-electron chi connectivity index (χ3n) is 4.27. The maximum absolute atomic E-state index is 11.4. The van der Waals surface area contributed by atoms with Gasteiger partial charge in [-0.2, -0.15) is 0 Å². The maximum atomic E-state index is 11.4. The number of primary amides is 1. The fraction of sp³-hybridized carbons (Fsp3) is 0.857. The Kier molecular flexibility index (Phi) is 5.60. The summed E-state index contributed by atoms with van der Waals surface area (Å²) in [5.74, 6) is -0.206. The van der Waals surface area contributed by atoms with Gasteiger partial charge in [-0.3, -0.25) is 9.69 Å². The molecule has 2 rings (SSSR count). The second-order valence-corrected chi connectivity index (χ2v) is 5.69. The molecule has 2 atom stereocenters. The Labute approximate surface area is 115 Å². The van der Waals surface area contributed by atoms with Crippen molar-refractivity contribution in [2.24, 2.45) is 5.73 Å². The van der Waals surface area contributed by atoms with Crippen molar-refractivity contribution in [1.82, 2.24) is 9.80 Å². The van der Waals surface area contributed by atoms with Crippen LogP contribution in [0.1, 0.15) is 32.1 Å². The molecular weight excluding hydrogens is 242 g/mol. The molecule has 0 aromatic rings. The lowest BCUT2D eigenvalue weighted by molar-refractivity contribution is -0.123. The van der Waals surface area contributed by atoms with E-state index in [1.54, 1.807) is 0 Å². The zero-order valence-electron chi connectivity index (χ0n) is 11.6. The van der Waals surface area contributed by atoms with Gasteiger partial charge < -0.3 is 15.7 Å². The van der Waals surface area contributed by atoms with Crippen LogP contribution in [-0.4, -0.2) is 65.7 Å². The predicted octanol–water partition coefficient (Wildman–Crippen LogP) is -0.0128. The first kappa shape index (κ1) is 14.8. The second kappa shape index (κ2) is 7.22. The molecule has 2 saturated heterocycles. The minimum Gasteiger partial charge on any atom is -0.393 e. The molecule has 1 radical (unpaired) electrons. The molecule has 2 aliphatic rings. The van der Waals surface area contributed by atoms with Gasteiger partial charge in [0.2, 0.25) is 5.91 Å². The van der Waals surface area contributed by atoms with Crippen LogP contribution in [0.4, 0.5) is 0 Å². The van der Waals surface area contributed by atoms with Gasteiger partial charge in [-0.15, -0.1) is 0 Å². The Bertz CT molecular complexity index is 298. The van der Waals surface area contributed by atoms with Crippen LogP contribution in [0.5, 0.6) is 0 Å². The van der Waals surface area contributed by atoms with Gasteiger partial charge >= 0.3 is 0 Å². The molecule has 3 N–H and O–H groups in total. The highest BCUT2D eigenvalue weighted by Crippen LogP contribution is 2.16.